The van der Waals surface area contributed by atoms with Crippen LogP contribution in [0.2, 0.25) is 5.02 Å². The molecule has 0 bridgehead atoms. The van der Waals surface area contributed by atoms with Crippen LogP contribution in [0.1, 0.15) is 10.5 Å². The molecule has 7 nitrogen and oxygen atoms in total. The highest BCUT2D eigenvalue weighted by Gasteiger charge is 2.16. The molecule has 2 heterocycles. The van der Waals surface area contributed by atoms with Crippen LogP contribution in [0, 0.1) is 0 Å². The van der Waals surface area contributed by atoms with Gasteiger partial charge in [-0.15, -0.1) is 10.2 Å². The van der Waals surface area contributed by atoms with E-state index in [0.717, 1.165) is 0 Å². The van der Waals surface area contributed by atoms with Crippen molar-refractivity contribution >= 4 is 39.9 Å². The molecule has 112 valence electrons. The van der Waals surface area contributed by atoms with Crippen LogP contribution in [0.4, 0.5) is 11.4 Å². The predicted molar refractivity (Wildman–Crippen MR) is 83.7 cm³/mol. The summed E-state index contributed by atoms with van der Waals surface area (Å²) in [5.41, 5.74) is 7.11. The predicted octanol–water partition coefficient (Wildman–Crippen LogP) is 2.46. The minimum Gasteiger partial charge on any atom is -0.495 e. The third-order valence-corrected chi connectivity index (χ3v) is 3.43. The number of halogens is 1. The smallest absolute Gasteiger partial charge is 0.271 e. The molecule has 4 N–H and O–H groups in total. The van der Waals surface area contributed by atoms with Gasteiger partial charge in [-0.25, -0.2) is 0 Å². The van der Waals surface area contributed by atoms with Gasteiger partial charge in [0.25, 0.3) is 5.91 Å². The Kier molecular flexibility index (Phi) is 3.56. The zero-order valence-electron chi connectivity index (χ0n) is 11.6. The molecule has 0 saturated heterocycles. The van der Waals surface area contributed by atoms with Gasteiger partial charge in [0.2, 0.25) is 0 Å². The van der Waals surface area contributed by atoms with Gasteiger partial charge >= 0.3 is 0 Å². The van der Waals surface area contributed by atoms with Gasteiger partial charge in [0, 0.05) is 17.3 Å². The molecule has 0 saturated carbocycles. The molecule has 3 rings (SSSR count). The highest BCUT2D eigenvalue weighted by molar-refractivity contribution is 6.32. The van der Waals surface area contributed by atoms with E-state index < -0.39 is 5.91 Å². The molecule has 2 aromatic heterocycles. The van der Waals surface area contributed by atoms with E-state index in [9.17, 15) is 4.79 Å². The fourth-order valence-electron chi connectivity index (χ4n) is 2.11. The molecule has 8 heteroatoms. The molecule has 0 unspecified atom stereocenters. The number of carbonyl (C=O) groups excluding carboxylic acids is 1. The molecule has 0 aliphatic carbocycles. The van der Waals surface area contributed by atoms with Crippen molar-refractivity contribution < 1.29 is 9.53 Å². The number of nitrogens with two attached hydrogens (primary N) is 1. The minimum atomic E-state index is -0.669. The summed E-state index contributed by atoms with van der Waals surface area (Å²) in [4.78, 5) is 14.5. The second-order valence-corrected chi connectivity index (χ2v) is 4.91. The lowest BCUT2D eigenvalue weighted by atomic mass is 10.2. The fraction of sp³-hybridized carbons (Fsp3) is 0.0714. The number of hydrogen-bond acceptors (Lipinski definition) is 5. The quantitative estimate of drug-likeness (QED) is 0.685. The van der Waals surface area contributed by atoms with Crippen molar-refractivity contribution in [2.24, 2.45) is 5.73 Å². The standard InChI is InChI=1S/C14H12ClN5O2/c1-22-10-3-2-7(6-9(10)15)18-11-8-4-5-17-14(8)20-19-12(11)13(16)21/h2-6H,1H3,(H2,16,21)(H2,17,18,20). The SMILES string of the molecule is COc1ccc(Nc2c(C(N)=O)nnc3[nH]ccc23)cc1Cl. The van der Waals surface area contributed by atoms with Crippen LogP contribution in [0.15, 0.2) is 30.5 Å². The maximum Gasteiger partial charge on any atom is 0.271 e. The Morgan fingerprint density at radius 1 is 1.36 bits per heavy atom. The second-order valence-electron chi connectivity index (χ2n) is 4.50. The highest BCUT2D eigenvalue weighted by Crippen LogP contribution is 2.31. The van der Waals surface area contributed by atoms with Gasteiger partial charge in [-0.2, -0.15) is 0 Å². The minimum absolute atomic E-state index is 0.0547. The topological polar surface area (TPSA) is 106 Å². The monoisotopic (exact) mass is 317 g/mol. The van der Waals surface area contributed by atoms with Gasteiger partial charge in [0.1, 0.15) is 5.75 Å². The van der Waals surface area contributed by atoms with Crippen molar-refractivity contribution in [3.8, 4) is 5.75 Å². The number of aromatic amines is 1. The van der Waals surface area contributed by atoms with E-state index in [4.69, 9.17) is 22.1 Å². The molecule has 0 radical (unpaired) electrons. The zero-order valence-corrected chi connectivity index (χ0v) is 12.3. The van der Waals surface area contributed by atoms with E-state index in [-0.39, 0.29) is 5.69 Å². The summed E-state index contributed by atoms with van der Waals surface area (Å²) < 4.78 is 5.11. The highest BCUT2D eigenvalue weighted by atomic mass is 35.5. The average Bonchev–Trinajstić information content (AvgIpc) is 2.96. The van der Waals surface area contributed by atoms with Gasteiger partial charge in [-0.3, -0.25) is 4.79 Å². The summed E-state index contributed by atoms with van der Waals surface area (Å²) in [7, 11) is 1.54. The molecule has 1 aromatic carbocycles. The molecule has 22 heavy (non-hydrogen) atoms. The van der Waals surface area contributed by atoms with Crippen molar-refractivity contribution in [1.82, 2.24) is 15.2 Å². The molecule has 0 aliphatic heterocycles. The van der Waals surface area contributed by atoms with Crippen LogP contribution in [0.3, 0.4) is 0 Å². The molecule has 3 aromatic rings. The molecule has 0 aliphatic rings. The number of rotatable bonds is 4. The number of benzene rings is 1. The summed E-state index contributed by atoms with van der Waals surface area (Å²) in [6.45, 7) is 0. The third-order valence-electron chi connectivity index (χ3n) is 3.14. The summed E-state index contributed by atoms with van der Waals surface area (Å²) >= 11 is 6.10. The van der Waals surface area contributed by atoms with Gasteiger partial charge in [-0.05, 0) is 24.3 Å². The largest absolute Gasteiger partial charge is 0.495 e. The number of primary amides is 1. The Labute approximate surface area is 130 Å². The van der Waals surface area contributed by atoms with E-state index in [1.807, 2.05) is 0 Å². The molecule has 0 atom stereocenters. The van der Waals surface area contributed by atoms with E-state index in [1.165, 1.54) is 7.11 Å². The van der Waals surface area contributed by atoms with E-state index in [2.05, 4.69) is 20.5 Å². The van der Waals surface area contributed by atoms with Crippen LogP contribution in [0.25, 0.3) is 11.0 Å². The number of aromatic nitrogens is 3. The number of anilines is 2. The van der Waals surface area contributed by atoms with Crippen LogP contribution >= 0.6 is 11.6 Å². The number of H-pyrrole nitrogens is 1. The van der Waals surface area contributed by atoms with Crippen molar-refractivity contribution in [2.45, 2.75) is 0 Å². The lowest BCUT2D eigenvalue weighted by molar-refractivity contribution is 0.0995. The van der Waals surface area contributed by atoms with E-state index in [1.54, 1.807) is 30.5 Å². The number of nitrogens with zero attached hydrogens (tertiary/aromatic N) is 2. The van der Waals surface area contributed by atoms with Crippen molar-refractivity contribution in [2.75, 3.05) is 12.4 Å². The van der Waals surface area contributed by atoms with Crippen molar-refractivity contribution in [3.05, 3.63) is 41.2 Å². The summed E-state index contributed by atoms with van der Waals surface area (Å²) in [5.74, 6) is -0.111. The number of hydrogen-bond donors (Lipinski definition) is 3. The fourth-order valence-corrected chi connectivity index (χ4v) is 2.37. The number of ether oxygens (including phenoxy) is 1. The molecule has 0 fully saturated rings. The first-order chi connectivity index (χ1) is 10.6. The Balaban J connectivity index is 2.09. The van der Waals surface area contributed by atoms with Gasteiger partial charge < -0.3 is 20.8 Å². The Bertz CT molecular complexity index is 862. The maximum absolute atomic E-state index is 11.6. The molecule has 1 amide bonds. The van der Waals surface area contributed by atoms with Crippen LogP contribution in [-0.4, -0.2) is 28.2 Å². The summed E-state index contributed by atoms with van der Waals surface area (Å²) in [6, 6.07) is 6.96. The van der Waals surface area contributed by atoms with Gasteiger partial charge in [0.15, 0.2) is 11.3 Å². The first kappa shape index (κ1) is 14.2. The number of fused-ring (bicyclic) bond motifs is 1. The molecular formula is C14H12ClN5O2. The lowest BCUT2D eigenvalue weighted by Crippen LogP contribution is -2.16. The van der Waals surface area contributed by atoms with E-state index >= 15 is 0 Å². The number of methoxy groups -OCH3 is 1. The first-order valence-corrected chi connectivity index (χ1v) is 6.72. The normalized spacial score (nSPS) is 10.6. The number of nitrogens with one attached hydrogen (secondary N) is 2. The summed E-state index contributed by atoms with van der Waals surface area (Å²) in [5, 5.41) is 12.0. The van der Waals surface area contributed by atoms with Crippen LogP contribution < -0.4 is 15.8 Å². The Hall–Kier alpha value is -2.80. The third kappa shape index (κ3) is 2.42. The van der Waals surface area contributed by atoms with Gasteiger partial charge in [-0.1, -0.05) is 11.6 Å². The second kappa shape index (κ2) is 5.53. The zero-order chi connectivity index (χ0) is 15.7. The van der Waals surface area contributed by atoms with Crippen LogP contribution in [0.5, 0.6) is 5.75 Å². The number of amides is 1. The Morgan fingerprint density at radius 3 is 2.86 bits per heavy atom. The van der Waals surface area contributed by atoms with Crippen LogP contribution in [-0.2, 0) is 0 Å². The maximum atomic E-state index is 11.6. The molecular weight excluding hydrogens is 306 g/mol. The average molecular weight is 318 g/mol. The molecule has 0 spiro atoms. The number of carbonyl (C=O) groups is 1. The lowest BCUT2D eigenvalue weighted by Gasteiger charge is -2.11. The van der Waals surface area contributed by atoms with E-state index in [0.29, 0.717) is 33.2 Å². The van der Waals surface area contributed by atoms with Crippen molar-refractivity contribution in [1.29, 1.82) is 0 Å². The van der Waals surface area contributed by atoms with Crippen molar-refractivity contribution in [3.63, 3.8) is 0 Å². The first-order valence-electron chi connectivity index (χ1n) is 6.34. The summed E-state index contributed by atoms with van der Waals surface area (Å²) in [6.07, 6.45) is 1.70. The Morgan fingerprint density at radius 2 is 2.18 bits per heavy atom. The van der Waals surface area contributed by atoms with Gasteiger partial charge in [0.05, 0.1) is 17.8 Å².